The molecule has 1 unspecified atom stereocenters. The Hall–Kier alpha value is -3.17. The maximum atomic E-state index is 13.7. The molecule has 0 bridgehead atoms. The molecule has 2 heterocycles. The summed E-state index contributed by atoms with van der Waals surface area (Å²) >= 11 is 0. The van der Waals surface area contributed by atoms with Gasteiger partial charge in [-0.1, -0.05) is 18.2 Å². The van der Waals surface area contributed by atoms with E-state index in [1.807, 2.05) is 35.0 Å². The zero-order valence-corrected chi connectivity index (χ0v) is 17.4. The molecule has 0 saturated heterocycles. The second-order valence-electron chi connectivity index (χ2n) is 7.12. The van der Waals surface area contributed by atoms with Gasteiger partial charge in [0.25, 0.3) is 5.69 Å². The number of nitro groups is 1. The molecule has 0 spiro atoms. The van der Waals surface area contributed by atoms with Crippen LogP contribution in [0.25, 0.3) is 0 Å². The van der Waals surface area contributed by atoms with E-state index >= 15 is 0 Å². The molecule has 9 heteroatoms. The van der Waals surface area contributed by atoms with Crippen LogP contribution in [-0.4, -0.2) is 35.9 Å². The third kappa shape index (κ3) is 3.35. The number of ether oxygens (including phenoxy) is 1. The molecule has 1 aliphatic rings. The number of nitrogens with zero attached hydrogens (tertiary/aromatic N) is 3. The molecular weight excluding hydrogens is 406 g/mol. The van der Waals surface area contributed by atoms with Gasteiger partial charge in [-0.3, -0.25) is 10.1 Å². The van der Waals surface area contributed by atoms with Gasteiger partial charge in [0.1, 0.15) is 5.75 Å². The minimum atomic E-state index is -4.00. The number of aryl methyl sites for hydroxylation is 1. The van der Waals surface area contributed by atoms with Gasteiger partial charge in [-0.25, -0.2) is 8.42 Å². The summed E-state index contributed by atoms with van der Waals surface area (Å²) in [5.41, 5.74) is 1.86. The highest BCUT2D eigenvalue weighted by Gasteiger charge is 2.38. The first-order valence-electron chi connectivity index (χ1n) is 9.39. The van der Waals surface area contributed by atoms with Crippen LogP contribution in [0.15, 0.2) is 65.7 Å². The van der Waals surface area contributed by atoms with E-state index in [1.54, 1.807) is 26.2 Å². The van der Waals surface area contributed by atoms with Crippen LogP contribution in [0.5, 0.6) is 5.75 Å². The summed E-state index contributed by atoms with van der Waals surface area (Å²) in [7, 11) is -2.43. The fourth-order valence-corrected chi connectivity index (χ4v) is 5.68. The number of methoxy groups -OCH3 is 1. The van der Waals surface area contributed by atoms with Crippen molar-refractivity contribution in [2.75, 3.05) is 13.7 Å². The first kappa shape index (κ1) is 20.1. The van der Waals surface area contributed by atoms with Gasteiger partial charge in [0.15, 0.2) is 0 Å². The number of hydrogen-bond donors (Lipinski definition) is 0. The summed E-state index contributed by atoms with van der Waals surface area (Å²) in [6.07, 6.45) is 1.93. The lowest BCUT2D eigenvalue weighted by Gasteiger charge is -2.36. The Morgan fingerprint density at radius 1 is 1.10 bits per heavy atom. The Labute approximate surface area is 174 Å². The normalized spacial score (nSPS) is 16.8. The molecule has 30 heavy (non-hydrogen) atoms. The topological polar surface area (TPSA) is 94.7 Å². The van der Waals surface area contributed by atoms with Gasteiger partial charge >= 0.3 is 0 Å². The minimum Gasteiger partial charge on any atom is -0.497 e. The van der Waals surface area contributed by atoms with Crippen molar-refractivity contribution >= 4 is 15.7 Å². The van der Waals surface area contributed by atoms with Gasteiger partial charge in [-0.2, -0.15) is 4.31 Å². The number of aromatic nitrogens is 1. The van der Waals surface area contributed by atoms with Gasteiger partial charge in [-0.15, -0.1) is 0 Å². The van der Waals surface area contributed by atoms with Gasteiger partial charge in [0.05, 0.1) is 23.0 Å². The van der Waals surface area contributed by atoms with E-state index in [9.17, 15) is 18.5 Å². The zero-order chi connectivity index (χ0) is 21.5. The van der Waals surface area contributed by atoms with E-state index < -0.39 is 21.0 Å². The molecular formula is C21H21N3O5S. The summed E-state index contributed by atoms with van der Waals surface area (Å²) in [5, 5.41) is 11.2. The summed E-state index contributed by atoms with van der Waals surface area (Å²) in [6.45, 7) is 2.40. The smallest absolute Gasteiger partial charge is 0.270 e. The lowest BCUT2D eigenvalue weighted by Crippen LogP contribution is -2.42. The van der Waals surface area contributed by atoms with Gasteiger partial charge in [0.2, 0.25) is 10.0 Å². The summed E-state index contributed by atoms with van der Waals surface area (Å²) < 4.78 is 36.1. The van der Waals surface area contributed by atoms with Crippen molar-refractivity contribution < 1.29 is 18.1 Å². The molecule has 1 atom stereocenters. The Bertz CT molecular complexity index is 1200. The van der Waals surface area contributed by atoms with E-state index in [-0.39, 0.29) is 17.1 Å². The SMILES string of the molecule is COc1ccc(C2c3cccn3CCN2S(=O)(=O)c2cc([N+](=O)[O-])ccc2C)cc1. The maximum Gasteiger partial charge on any atom is 0.270 e. The van der Waals surface area contributed by atoms with E-state index in [0.717, 1.165) is 17.3 Å². The summed E-state index contributed by atoms with van der Waals surface area (Å²) in [5.74, 6) is 0.675. The molecule has 0 N–H and O–H groups in total. The Balaban J connectivity index is 1.85. The fourth-order valence-electron chi connectivity index (χ4n) is 3.85. The molecule has 1 aliphatic heterocycles. The second kappa shape index (κ2) is 7.58. The monoisotopic (exact) mass is 427 g/mol. The number of sulfonamides is 1. The van der Waals surface area contributed by atoms with Crippen molar-refractivity contribution in [1.82, 2.24) is 8.87 Å². The largest absolute Gasteiger partial charge is 0.497 e. The zero-order valence-electron chi connectivity index (χ0n) is 16.6. The Morgan fingerprint density at radius 3 is 2.50 bits per heavy atom. The number of rotatable bonds is 5. The van der Waals surface area contributed by atoms with Crippen molar-refractivity contribution in [2.24, 2.45) is 0 Å². The molecule has 3 aromatic rings. The molecule has 156 valence electrons. The average Bonchev–Trinajstić information content (AvgIpc) is 3.22. The van der Waals surface area contributed by atoms with Crippen LogP contribution >= 0.6 is 0 Å². The first-order valence-corrected chi connectivity index (χ1v) is 10.8. The van der Waals surface area contributed by atoms with Crippen LogP contribution in [0.2, 0.25) is 0 Å². The van der Waals surface area contributed by atoms with E-state index in [4.69, 9.17) is 4.74 Å². The second-order valence-corrected chi connectivity index (χ2v) is 8.98. The van der Waals surface area contributed by atoms with Crippen molar-refractivity contribution in [3.05, 3.63) is 87.7 Å². The maximum absolute atomic E-state index is 13.7. The molecule has 1 aromatic heterocycles. The predicted octanol–water partition coefficient (Wildman–Crippen LogP) is 3.51. The van der Waals surface area contributed by atoms with Crippen LogP contribution in [0, 0.1) is 17.0 Å². The van der Waals surface area contributed by atoms with Crippen LogP contribution in [0.4, 0.5) is 5.69 Å². The Morgan fingerprint density at radius 2 is 1.83 bits per heavy atom. The van der Waals surface area contributed by atoms with Crippen LogP contribution in [0.1, 0.15) is 22.9 Å². The Kier molecular flexibility index (Phi) is 5.08. The summed E-state index contributed by atoms with van der Waals surface area (Å²) in [4.78, 5) is 10.6. The number of benzene rings is 2. The standard InChI is InChI=1S/C21H21N3O5S/c1-15-5-8-17(24(25)26)14-20(15)30(27,28)23-13-12-22-11-3-4-19(22)21(23)16-6-9-18(29-2)10-7-16/h3-11,14,21H,12-13H2,1-2H3. The van der Waals surface area contributed by atoms with Crippen molar-refractivity contribution in [2.45, 2.75) is 24.4 Å². The van der Waals surface area contributed by atoms with Gasteiger partial charge in [0, 0.05) is 37.1 Å². The number of hydrogen-bond acceptors (Lipinski definition) is 5. The lowest BCUT2D eigenvalue weighted by molar-refractivity contribution is -0.385. The fraction of sp³-hybridized carbons (Fsp3) is 0.238. The number of nitro benzene ring substituents is 1. The van der Waals surface area contributed by atoms with Crippen molar-refractivity contribution in [3.8, 4) is 5.75 Å². The third-order valence-electron chi connectivity index (χ3n) is 5.39. The molecule has 0 saturated carbocycles. The molecule has 4 rings (SSSR count). The number of fused-ring (bicyclic) bond motifs is 1. The predicted molar refractivity (Wildman–Crippen MR) is 111 cm³/mol. The van der Waals surface area contributed by atoms with Crippen molar-refractivity contribution in [1.29, 1.82) is 0 Å². The molecule has 0 aliphatic carbocycles. The van der Waals surface area contributed by atoms with Gasteiger partial charge < -0.3 is 9.30 Å². The van der Waals surface area contributed by atoms with Crippen LogP contribution in [0.3, 0.4) is 0 Å². The lowest BCUT2D eigenvalue weighted by atomic mass is 10.0. The molecule has 8 nitrogen and oxygen atoms in total. The van der Waals surface area contributed by atoms with E-state index in [2.05, 4.69) is 0 Å². The molecule has 2 aromatic carbocycles. The van der Waals surface area contributed by atoms with Crippen LogP contribution < -0.4 is 4.74 Å². The van der Waals surface area contributed by atoms with E-state index in [0.29, 0.717) is 17.9 Å². The summed E-state index contributed by atoms with van der Waals surface area (Å²) in [6, 6.07) is 14.4. The van der Waals surface area contributed by atoms with E-state index in [1.165, 1.54) is 16.4 Å². The average molecular weight is 427 g/mol. The minimum absolute atomic E-state index is 0.0461. The number of non-ortho nitro benzene ring substituents is 1. The first-order chi connectivity index (χ1) is 14.3. The highest BCUT2D eigenvalue weighted by Crippen LogP contribution is 2.38. The van der Waals surface area contributed by atoms with Gasteiger partial charge in [-0.05, 0) is 42.3 Å². The van der Waals surface area contributed by atoms with Crippen molar-refractivity contribution in [3.63, 3.8) is 0 Å². The molecule has 0 radical (unpaired) electrons. The molecule has 0 fully saturated rings. The third-order valence-corrected chi connectivity index (χ3v) is 7.40. The highest BCUT2D eigenvalue weighted by atomic mass is 32.2. The van der Waals surface area contributed by atoms with Crippen LogP contribution in [-0.2, 0) is 16.6 Å². The highest BCUT2D eigenvalue weighted by molar-refractivity contribution is 7.89. The molecule has 0 amide bonds. The quantitative estimate of drug-likeness (QED) is 0.459.